The van der Waals surface area contributed by atoms with Crippen LogP contribution in [0.2, 0.25) is 0 Å². The van der Waals surface area contributed by atoms with Gasteiger partial charge in [0.05, 0.1) is 6.61 Å². The Bertz CT molecular complexity index is 146. The molecule has 5 N–H and O–H groups in total. The molecule has 0 aromatic rings. The van der Waals surface area contributed by atoms with Gasteiger partial charge in [-0.05, 0) is 13.8 Å². The third-order valence-corrected chi connectivity index (χ3v) is 0.698. The summed E-state index contributed by atoms with van der Waals surface area (Å²) in [5, 5.41) is 8.16. The molecular weight excluding hydrogens is 164 g/mol. The van der Waals surface area contributed by atoms with Crippen molar-refractivity contribution >= 4 is 12.0 Å². The van der Waals surface area contributed by atoms with E-state index in [0.717, 1.165) is 0 Å². The Balaban J connectivity index is 0. The van der Waals surface area contributed by atoms with Crippen LogP contribution in [0.25, 0.3) is 0 Å². The van der Waals surface area contributed by atoms with Crippen LogP contribution in [0.1, 0.15) is 13.8 Å². The molecule has 0 bridgehead atoms. The highest BCUT2D eigenvalue weighted by atomic mass is 16.5. The second kappa shape index (κ2) is 7.80. The zero-order chi connectivity index (χ0) is 10.1. The lowest BCUT2D eigenvalue weighted by molar-refractivity contribution is -0.125. The molecule has 12 heavy (non-hydrogen) atoms. The first kappa shape index (κ1) is 13.3. The molecule has 0 aliphatic rings. The van der Waals surface area contributed by atoms with Crippen molar-refractivity contribution in [1.82, 2.24) is 0 Å². The van der Waals surface area contributed by atoms with Gasteiger partial charge in [-0.2, -0.15) is 0 Å². The Kier molecular flexibility index (Phi) is 8.65. The third-order valence-electron chi connectivity index (χ3n) is 0.698. The molecule has 6 heteroatoms. The van der Waals surface area contributed by atoms with E-state index in [1.165, 1.54) is 6.92 Å². The molecular formula is C6H14N2O4. The van der Waals surface area contributed by atoms with Crippen LogP contribution in [0.3, 0.4) is 0 Å². The Hall–Kier alpha value is -1.30. The average molecular weight is 178 g/mol. The standard InChI is InChI=1S/2C3H7NO2/c1-2-6-3(4)5;1-2(5)3(4)6/h2H2,1H3,(H2,4,5);2,5H,1H3,(H2,4,6). The first-order valence-electron chi connectivity index (χ1n) is 3.31. The molecule has 0 heterocycles. The van der Waals surface area contributed by atoms with Gasteiger partial charge in [-0.25, -0.2) is 4.79 Å². The van der Waals surface area contributed by atoms with Gasteiger partial charge in [0.1, 0.15) is 6.10 Å². The summed E-state index contributed by atoms with van der Waals surface area (Å²) in [5.74, 6) is -0.685. The number of nitrogens with two attached hydrogens (primary N) is 2. The Morgan fingerprint density at radius 2 is 1.83 bits per heavy atom. The molecule has 0 aliphatic heterocycles. The van der Waals surface area contributed by atoms with Crippen molar-refractivity contribution in [3.63, 3.8) is 0 Å². The largest absolute Gasteiger partial charge is 0.450 e. The van der Waals surface area contributed by atoms with Crippen LogP contribution < -0.4 is 11.5 Å². The van der Waals surface area contributed by atoms with Gasteiger partial charge in [-0.3, -0.25) is 4.79 Å². The van der Waals surface area contributed by atoms with E-state index in [1.807, 2.05) is 0 Å². The molecule has 6 nitrogen and oxygen atoms in total. The van der Waals surface area contributed by atoms with Crippen molar-refractivity contribution in [2.24, 2.45) is 11.5 Å². The molecule has 72 valence electrons. The van der Waals surface area contributed by atoms with E-state index < -0.39 is 18.1 Å². The third kappa shape index (κ3) is 15.9. The lowest BCUT2D eigenvalue weighted by Gasteiger charge is -1.90. The van der Waals surface area contributed by atoms with Crippen molar-refractivity contribution in [1.29, 1.82) is 0 Å². The van der Waals surface area contributed by atoms with Crippen molar-refractivity contribution in [2.75, 3.05) is 6.61 Å². The van der Waals surface area contributed by atoms with Crippen LogP contribution in [0.4, 0.5) is 4.79 Å². The van der Waals surface area contributed by atoms with Crippen molar-refractivity contribution < 1.29 is 19.4 Å². The molecule has 0 radical (unpaired) electrons. The molecule has 0 aromatic heterocycles. The molecule has 1 unspecified atom stereocenters. The van der Waals surface area contributed by atoms with Gasteiger partial charge in [0, 0.05) is 0 Å². The number of amides is 2. The average Bonchev–Trinajstić information content (AvgIpc) is 1.87. The Labute approximate surface area is 70.5 Å². The van der Waals surface area contributed by atoms with E-state index in [4.69, 9.17) is 5.11 Å². The van der Waals surface area contributed by atoms with E-state index in [1.54, 1.807) is 6.92 Å². The highest BCUT2D eigenvalue weighted by Crippen LogP contribution is 1.70. The molecule has 0 rings (SSSR count). The summed E-state index contributed by atoms with van der Waals surface area (Å²) in [6.45, 7) is 3.38. The maximum absolute atomic E-state index is 9.67. The summed E-state index contributed by atoms with van der Waals surface area (Å²) in [4.78, 5) is 19.3. The van der Waals surface area contributed by atoms with Crippen LogP contribution in [0, 0.1) is 0 Å². The maximum Gasteiger partial charge on any atom is 0.404 e. The van der Waals surface area contributed by atoms with E-state index in [2.05, 4.69) is 16.2 Å². The summed E-state index contributed by atoms with van der Waals surface area (Å²) in [6.07, 6.45) is -1.72. The first-order chi connectivity index (χ1) is 5.41. The lowest BCUT2D eigenvalue weighted by atomic mass is 10.4. The summed E-state index contributed by atoms with van der Waals surface area (Å²) in [5.41, 5.74) is 9.09. The van der Waals surface area contributed by atoms with Gasteiger partial charge in [0.15, 0.2) is 0 Å². The van der Waals surface area contributed by atoms with E-state index >= 15 is 0 Å². The topological polar surface area (TPSA) is 116 Å². The Morgan fingerprint density at radius 3 is 1.83 bits per heavy atom. The zero-order valence-corrected chi connectivity index (χ0v) is 7.11. The molecule has 1 atom stereocenters. The summed E-state index contributed by atoms with van der Waals surface area (Å²) in [7, 11) is 0. The summed E-state index contributed by atoms with van der Waals surface area (Å²) < 4.78 is 4.18. The molecule has 0 saturated carbocycles. The van der Waals surface area contributed by atoms with E-state index in [9.17, 15) is 9.59 Å². The number of hydrogen-bond donors (Lipinski definition) is 3. The minimum Gasteiger partial charge on any atom is -0.450 e. The molecule has 0 fully saturated rings. The number of rotatable bonds is 2. The monoisotopic (exact) mass is 178 g/mol. The maximum atomic E-state index is 9.67. The second-order valence-corrected chi connectivity index (χ2v) is 1.83. The Morgan fingerprint density at radius 1 is 1.50 bits per heavy atom. The molecule has 2 amide bonds. The highest BCUT2D eigenvalue weighted by molar-refractivity contribution is 5.77. The second-order valence-electron chi connectivity index (χ2n) is 1.83. The van der Waals surface area contributed by atoms with Crippen LogP contribution in [0.15, 0.2) is 0 Å². The quantitative estimate of drug-likeness (QED) is 0.500. The zero-order valence-electron chi connectivity index (χ0n) is 7.11. The van der Waals surface area contributed by atoms with Crippen molar-refractivity contribution in [3.8, 4) is 0 Å². The molecule has 0 aliphatic carbocycles. The van der Waals surface area contributed by atoms with Crippen molar-refractivity contribution in [2.45, 2.75) is 20.0 Å². The SMILES string of the molecule is CC(O)C(N)=O.CCOC(N)=O. The smallest absolute Gasteiger partial charge is 0.404 e. The lowest BCUT2D eigenvalue weighted by Crippen LogP contribution is -2.24. The van der Waals surface area contributed by atoms with Gasteiger partial charge < -0.3 is 21.3 Å². The van der Waals surface area contributed by atoms with Crippen LogP contribution in [-0.4, -0.2) is 29.8 Å². The van der Waals surface area contributed by atoms with Crippen LogP contribution >= 0.6 is 0 Å². The predicted octanol–water partition coefficient (Wildman–Crippen LogP) is -1.05. The number of aliphatic hydroxyl groups excluding tert-OH is 1. The fraction of sp³-hybridized carbons (Fsp3) is 0.667. The number of aliphatic hydroxyl groups is 1. The number of ether oxygens (including phenoxy) is 1. The number of hydrogen-bond acceptors (Lipinski definition) is 4. The van der Waals surface area contributed by atoms with Gasteiger partial charge in [-0.15, -0.1) is 0 Å². The van der Waals surface area contributed by atoms with Crippen LogP contribution in [0.5, 0.6) is 0 Å². The fourth-order valence-corrected chi connectivity index (χ4v) is 0.142. The first-order valence-corrected chi connectivity index (χ1v) is 3.31. The van der Waals surface area contributed by atoms with Crippen molar-refractivity contribution in [3.05, 3.63) is 0 Å². The van der Waals surface area contributed by atoms with Gasteiger partial charge in [0.2, 0.25) is 5.91 Å². The number of carbonyl (C=O) groups is 2. The predicted molar refractivity (Wildman–Crippen MR) is 42.1 cm³/mol. The van der Waals surface area contributed by atoms with Gasteiger partial charge >= 0.3 is 6.09 Å². The summed E-state index contributed by atoms with van der Waals surface area (Å²) >= 11 is 0. The van der Waals surface area contributed by atoms with E-state index in [-0.39, 0.29) is 0 Å². The summed E-state index contributed by atoms with van der Waals surface area (Å²) in [6, 6.07) is 0. The molecule has 0 aromatic carbocycles. The van der Waals surface area contributed by atoms with Crippen LogP contribution in [-0.2, 0) is 9.53 Å². The normalized spacial score (nSPS) is 10.6. The number of carbonyl (C=O) groups excluding carboxylic acids is 2. The minimum absolute atomic E-state index is 0.356. The number of primary amides is 2. The molecule has 0 saturated heterocycles. The molecule has 0 spiro atoms. The van der Waals surface area contributed by atoms with Gasteiger partial charge in [0.25, 0.3) is 0 Å². The van der Waals surface area contributed by atoms with E-state index in [0.29, 0.717) is 6.61 Å². The fourth-order valence-electron chi connectivity index (χ4n) is 0.142. The van der Waals surface area contributed by atoms with Gasteiger partial charge in [-0.1, -0.05) is 0 Å². The highest BCUT2D eigenvalue weighted by Gasteiger charge is 1.98. The minimum atomic E-state index is -1.01.